The van der Waals surface area contributed by atoms with Gasteiger partial charge in [0.15, 0.2) is 0 Å². The van der Waals surface area contributed by atoms with E-state index < -0.39 is 0 Å². The van der Waals surface area contributed by atoms with Crippen molar-refractivity contribution in [1.82, 2.24) is 9.97 Å². The number of hydrogen-bond acceptors (Lipinski definition) is 2. The van der Waals surface area contributed by atoms with E-state index in [2.05, 4.69) is 53.3 Å². The van der Waals surface area contributed by atoms with Crippen LogP contribution < -0.4 is 0 Å². The van der Waals surface area contributed by atoms with Gasteiger partial charge in [-0.1, -0.05) is 48.0 Å². The van der Waals surface area contributed by atoms with Gasteiger partial charge in [-0.3, -0.25) is 0 Å². The standard InChI is InChI=1S/C17H12N.C12H10N.Ir/c1-3-7-14(8-4-1)16-11-12-18-17(13-16)15-9-5-2-6-10-15;1-10-6-5-9-13-12(10)11-7-3-2-4-8-11;/h1-9,11-13H;2-7,9H,1H3;/q2*-1;. The molecule has 2 aromatic heterocycles. The number of hydrogen-bond donors (Lipinski definition) is 0. The van der Waals surface area contributed by atoms with E-state index in [4.69, 9.17) is 0 Å². The molecule has 0 amide bonds. The molecule has 2 nitrogen and oxygen atoms in total. The van der Waals surface area contributed by atoms with E-state index in [-0.39, 0.29) is 20.1 Å². The molecule has 159 valence electrons. The maximum absolute atomic E-state index is 4.40. The van der Waals surface area contributed by atoms with Crippen LogP contribution in [0.2, 0.25) is 0 Å². The average molecular weight is 591 g/mol. The van der Waals surface area contributed by atoms with Crippen LogP contribution in [0.1, 0.15) is 5.56 Å². The summed E-state index contributed by atoms with van der Waals surface area (Å²) in [6, 6.07) is 40.6. The minimum absolute atomic E-state index is 0. The Balaban J connectivity index is 0.000000184. The van der Waals surface area contributed by atoms with E-state index in [0.717, 1.165) is 22.5 Å². The molecule has 5 aromatic rings. The zero-order valence-electron chi connectivity index (χ0n) is 17.7. The topological polar surface area (TPSA) is 25.8 Å². The average Bonchev–Trinajstić information content (AvgIpc) is 2.86. The summed E-state index contributed by atoms with van der Waals surface area (Å²) in [4.78, 5) is 8.72. The predicted molar refractivity (Wildman–Crippen MR) is 127 cm³/mol. The SMILES string of the molecule is Cc1cccnc1-c1[c-]cccc1.[Ir].[c-]1ccccc1-c1cc(-c2ccccc2)ccn1. The van der Waals surface area contributed by atoms with Gasteiger partial charge in [0.1, 0.15) is 0 Å². The van der Waals surface area contributed by atoms with E-state index >= 15 is 0 Å². The van der Waals surface area contributed by atoms with Crippen molar-refractivity contribution in [2.24, 2.45) is 0 Å². The summed E-state index contributed by atoms with van der Waals surface area (Å²) in [6.45, 7) is 2.06. The van der Waals surface area contributed by atoms with Gasteiger partial charge in [0, 0.05) is 32.5 Å². The third kappa shape index (κ3) is 6.07. The number of benzene rings is 3. The maximum Gasteiger partial charge on any atom is 0.0166 e. The van der Waals surface area contributed by atoms with Gasteiger partial charge < -0.3 is 9.97 Å². The first-order valence-corrected chi connectivity index (χ1v) is 10.2. The molecule has 3 heteroatoms. The number of pyridine rings is 2. The molecule has 0 aliphatic carbocycles. The molecule has 0 bridgehead atoms. The first-order chi connectivity index (χ1) is 15.3. The fourth-order valence-corrected chi connectivity index (χ4v) is 3.25. The molecule has 3 aromatic carbocycles. The summed E-state index contributed by atoms with van der Waals surface area (Å²) in [5.41, 5.74) is 7.62. The van der Waals surface area contributed by atoms with Gasteiger partial charge in [-0.05, 0) is 41.6 Å². The molecule has 0 atom stereocenters. The second-order valence-corrected chi connectivity index (χ2v) is 7.02. The molecular weight excluding hydrogens is 569 g/mol. The molecule has 0 saturated carbocycles. The zero-order chi connectivity index (χ0) is 21.3. The molecule has 5 rings (SSSR count). The Hall–Kier alpha value is -3.39. The van der Waals surface area contributed by atoms with Gasteiger partial charge >= 0.3 is 0 Å². The molecule has 0 unspecified atom stereocenters. The minimum atomic E-state index is 0. The number of nitrogens with zero attached hydrogens (tertiary/aromatic N) is 2. The third-order valence-corrected chi connectivity index (χ3v) is 4.83. The molecule has 0 fully saturated rings. The van der Waals surface area contributed by atoms with Crippen LogP contribution in [-0.4, -0.2) is 9.97 Å². The van der Waals surface area contributed by atoms with Gasteiger partial charge in [0.05, 0.1) is 0 Å². The van der Waals surface area contributed by atoms with Gasteiger partial charge in [-0.25, -0.2) is 0 Å². The zero-order valence-corrected chi connectivity index (χ0v) is 20.1. The van der Waals surface area contributed by atoms with Crippen molar-refractivity contribution in [3.05, 3.63) is 133 Å². The molecule has 0 saturated heterocycles. The van der Waals surface area contributed by atoms with E-state index in [9.17, 15) is 0 Å². The Kier molecular flexibility index (Phi) is 8.62. The molecule has 0 aliphatic rings. The van der Waals surface area contributed by atoms with Crippen LogP contribution >= 0.6 is 0 Å². The van der Waals surface area contributed by atoms with Gasteiger partial charge in [-0.15, -0.1) is 71.8 Å². The van der Waals surface area contributed by atoms with Crippen LogP contribution in [0.3, 0.4) is 0 Å². The fraction of sp³-hybridized carbons (Fsp3) is 0.0345. The van der Waals surface area contributed by atoms with Crippen LogP contribution in [-0.2, 0) is 20.1 Å². The van der Waals surface area contributed by atoms with E-state index in [1.807, 2.05) is 91.3 Å². The predicted octanol–water partition coefficient (Wildman–Crippen LogP) is 7.07. The van der Waals surface area contributed by atoms with Crippen molar-refractivity contribution in [2.45, 2.75) is 6.92 Å². The van der Waals surface area contributed by atoms with Crippen LogP contribution in [0.4, 0.5) is 0 Å². The summed E-state index contributed by atoms with van der Waals surface area (Å²) < 4.78 is 0. The number of aromatic nitrogens is 2. The quantitative estimate of drug-likeness (QED) is 0.210. The fourth-order valence-electron chi connectivity index (χ4n) is 3.25. The van der Waals surface area contributed by atoms with Crippen molar-refractivity contribution in [3.8, 4) is 33.6 Å². The van der Waals surface area contributed by atoms with Gasteiger partial charge in [-0.2, -0.15) is 0 Å². The summed E-state index contributed by atoms with van der Waals surface area (Å²) in [7, 11) is 0. The van der Waals surface area contributed by atoms with Crippen molar-refractivity contribution < 1.29 is 20.1 Å². The Bertz CT molecular complexity index is 1170. The van der Waals surface area contributed by atoms with Crippen LogP contribution in [0, 0.1) is 19.1 Å². The maximum atomic E-state index is 4.40. The first kappa shape index (κ1) is 23.3. The summed E-state index contributed by atoms with van der Waals surface area (Å²) in [5, 5.41) is 0. The van der Waals surface area contributed by atoms with E-state index in [0.29, 0.717) is 0 Å². The minimum Gasteiger partial charge on any atom is -0.305 e. The molecule has 0 spiro atoms. The van der Waals surface area contributed by atoms with Crippen LogP contribution in [0.5, 0.6) is 0 Å². The Morgan fingerprint density at radius 3 is 1.94 bits per heavy atom. The normalized spacial score (nSPS) is 9.78. The Labute approximate surface area is 203 Å². The molecule has 2 heterocycles. The molecule has 0 N–H and O–H groups in total. The molecule has 0 aliphatic heterocycles. The Morgan fingerprint density at radius 2 is 1.28 bits per heavy atom. The molecular formula is C29H22IrN2-2. The van der Waals surface area contributed by atoms with Crippen molar-refractivity contribution in [3.63, 3.8) is 0 Å². The Morgan fingerprint density at radius 1 is 0.594 bits per heavy atom. The second kappa shape index (κ2) is 11.9. The second-order valence-electron chi connectivity index (χ2n) is 7.02. The third-order valence-electron chi connectivity index (χ3n) is 4.83. The summed E-state index contributed by atoms with van der Waals surface area (Å²) >= 11 is 0. The number of rotatable bonds is 3. The summed E-state index contributed by atoms with van der Waals surface area (Å²) in [6.07, 6.45) is 3.65. The van der Waals surface area contributed by atoms with Gasteiger partial charge in [0.25, 0.3) is 0 Å². The van der Waals surface area contributed by atoms with Crippen molar-refractivity contribution >= 4 is 0 Å². The van der Waals surface area contributed by atoms with Crippen molar-refractivity contribution in [2.75, 3.05) is 0 Å². The van der Waals surface area contributed by atoms with Crippen molar-refractivity contribution in [1.29, 1.82) is 0 Å². The molecule has 1 radical (unpaired) electrons. The van der Waals surface area contributed by atoms with E-state index in [1.165, 1.54) is 16.7 Å². The summed E-state index contributed by atoms with van der Waals surface area (Å²) in [5.74, 6) is 0. The smallest absolute Gasteiger partial charge is 0.0166 e. The first-order valence-electron chi connectivity index (χ1n) is 10.2. The van der Waals surface area contributed by atoms with Crippen LogP contribution in [0.15, 0.2) is 116 Å². The van der Waals surface area contributed by atoms with Crippen LogP contribution in [0.25, 0.3) is 33.6 Å². The van der Waals surface area contributed by atoms with E-state index in [1.54, 1.807) is 0 Å². The van der Waals surface area contributed by atoms with Gasteiger partial charge in [0.2, 0.25) is 0 Å². The monoisotopic (exact) mass is 591 g/mol. The largest absolute Gasteiger partial charge is 0.305 e. The number of aryl methyl sites for hydroxylation is 1. The molecule has 32 heavy (non-hydrogen) atoms.